The zero-order chi connectivity index (χ0) is 11.9. The van der Waals surface area contributed by atoms with Crippen molar-refractivity contribution < 1.29 is 9.50 Å². The van der Waals surface area contributed by atoms with Crippen molar-refractivity contribution in [3.63, 3.8) is 0 Å². The lowest BCUT2D eigenvalue weighted by Crippen LogP contribution is -2.11. The Morgan fingerprint density at radius 3 is 2.82 bits per heavy atom. The van der Waals surface area contributed by atoms with Crippen molar-refractivity contribution >= 4 is 0 Å². The molecular formula is C13H13FN2O. The molecule has 0 aliphatic heterocycles. The molecule has 1 aromatic carbocycles. The summed E-state index contributed by atoms with van der Waals surface area (Å²) in [4.78, 5) is 0. The molecule has 17 heavy (non-hydrogen) atoms. The van der Waals surface area contributed by atoms with Crippen LogP contribution < -0.4 is 0 Å². The van der Waals surface area contributed by atoms with Gasteiger partial charge in [-0.25, -0.2) is 9.07 Å². The Labute approximate surface area is 98.5 Å². The monoisotopic (exact) mass is 232 g/mol. The molecule has 3 rings (SSSR count). The molecule has 2 aromatic rings. The van der Waals surface area contributed by atoms with Crippen LogP contribution in [0, 0.1) is 5.82 Å². The second kappa shape index (κ2) is 3.67. The summed E-state index contributed by atoms with van der Waals surface area (Å²) in [6, 6.07) is 6.77. The predicted octanol–water partition coefficient (Wildman–Crippen LogP) is 2.08. The van der Waals surface area contributed by atoms with Crippen molar-refractivity contribution in [1.82, 2.24) is 9.78 Å². The SMILES string of the molecule is OC1(Cc2ccc(-n3cccn3)c(F)c2)CC1. The zero-order valence-electron chi connectivity index (χ0n) is 9.31. The Balaban J connectivity index is 1.89. The van der Waals surface area contributed by atoms with Gasteiger partial charge in [-0.05, 0) is 36.6 Å². The van der Waals surface area contributed by atoms with E-state index in [1.807, 2.05) is 6.07 Å². The summed E-state index contributed by atoms with van der Waals surface area (Å²) in [6.45, 7) is 0. The summed E-state index contributed by atoms with van der Waals surface area (Å²) >= 11 is 0. The molecule has 0 amide bonds. The van der Waals surface area contributed by atoms with Crippen molar-refractivity contribution in [2.24, 2.45) is 0 Å². The molecule has 0 saturated heterocycles. The smallest absolute Gasteiger partial charge is 0.149 e. The highest BCUT2D eigenvalue weighted by atomic mass is 19.1. The zero-order valence-corrected chi connectivity index (χ0v) is 9.31. The van der Waals surface area contributed by atoms with E-state index < -0.39 is 5.60 Å². The molecule has 0 unspecified atom stereocenters. The highest BCUT2D eigenvalue weighted by molar-refractivity contribution is 5.36. The highest BCUT2D eigenvalue weighted by Crippen LogP contribution is 2.38. The molecule has 1 aliphatic carbocycles. The van der Waals surface area contributed by atoms with Gasteiger partial charge in [0.15, 0.2) is 0 Å². The molecule has 1 aliphatic rings. The van der Waals surface area contributed by atoms with Gasteiger partial charge in [-0.15, -0.1) is 0 Å². The lowest BCUT2D eigenvalue weighted by Gasteiger charge is -2.09. The quantitative estimate of drug-likeness (QED) is 0.879. The van der Waals surface area contributed by atoms with Crippen LogP contribution in [-0.2, 0) is 6.42 Å². The molecule has 0 radical (unpaired) electrons. The minimum Gasteiger partial charge on any atom is -0.390 e. The molecular weight excluding hydrogens is 219 g/mol. The van der Waals surface area contributed by atoms with Gasteiger partial charge in [0.1, 0.15) is 11.5 Å². The maximum absolute atomic E-state index is 13.9. The molecule has 0 bridgehead atoms. The third-order valence-corrected chi connectivity index (χ3v) is 3.12. The van der Waals surface area contributed by atoms with Crippen LogP contribution in [0.1, 0.15) is 18.4 Å². The van der Waals surface area contributed by atoms with Gasteiger partial charge < -0.3 is 5.11 Å². The first-order valence-electron chi connectivity index (χ1n) is 5.67. The maximum atomic E-state index is 13.9. The summed E-state index contributed by atoms with van der Waals surface area (Å²) < 4.78 is 15.4. The molecule has 1 fully saturated rings. The van der Waals surface area contributed by atoms with Crippen molar-refractivity contribution in [3.05, 3.63) is 48.0 Å². The number of rotatable bonds is 3. The van der Waals surface area contributed by atoms with Crippen LogP contribution in [0.2, 0.25) is 0 Å². The van der Waals surface area contributed by atoms with Crippen LogP contribution in [-0.4, -0.2) is 20.5 Å². The molecule has 3 nitrogen and oxygen atoms in total. The second-order valence-corrected chi connectivity index (χ2v) is 4.64. The average Bonchev–Trinajstić information content (AvgIpc) is 2.81. The minimum atomic E-state index is -0.584. The molecule has 1 aromatic heterocycles. The fraction of sp³-hybridized carbons (Fsp3) is 0.308. The van der Waals surface area contributed by atoms with Gasteiger partial charge in [-0.3, -0.25) is 0 Å². The van der Waals surface area contributed by atoms with Crippen LogP contribution in [0.5, 0.6) is 0 Å². The first-order chi connectivity index (χ1) is 8.16. The van der Waals surface area contributed by atoms with Crippen LogP contribution >= 0.6 is 0 Å². The lowest BCUT2D eigenvalue weighted by molar-refractivity contribution is 0.151. The number of hydrogen-bond acceptors (Lipinski definition) is 2. The van der Waals surface area contributed by atoms with E-state index in [9.17, 15) is 9.50 Å². The van der Waals surface area contributed by atoms with E-state index in [2.05, 4.69) is 5.10 Å². The third-order valence-electron chi connectivity index (χ3n) is 3.12. The molecule has 88 valence electrons. The van der Waals surface area contributed by atoms with Gasteiger partial charge >= 0.3 is 0 Å². The normalized spacial score (nSPS) is 17.1. The van der Waals surface area contributed by atoms with E-state index >= 15 is 0 Å². The van der Waals surface area contributed by atoms with Gasteiger partial charge in [-0.1, -0.05) is 6.07 Å². The average molecular weight is 232 g/mol. The number of halogens is 1. The first-order valence-corrected chi connectivity index (χ1v) is 5.67. The van der Waals surface area contributed by atoms with Gasteiger partial charge in [0.2, 0.25) is 0 Å². The molecule has 1 heterocycles. The van der Waals surface area contributed by atoms with E-state index in [4.69, 9.17) is 0 Å². The Bertz CT molecular complexity index is 532. The Kier molecular flexibility index (Phi) is 2.26. The topological polar surface area (TPSA) is 38.0 Å². The van der Waals surface area contributed by atoms with E-state index in [-0.39, 0.29) is 5.82 Å². The maximum Gasteiger partial charge on any atom is 0.149 e. The number of nitrogens with zero attached hydrogens (tertiary/aromatic N) is 2. The van der Waals surface area contributed by atoms with Crippen molar-refractivity contribution in [2.75, 3.05) is 0 Å². The minimum absolute atomic E-state index is 0.310. The number of aromatic nitrogens is 2. The van der Waals surface area contributed by atoms with Crippen LogP contribution in [0.25, 0.3) is 5.69 Å². The van der Waals surface area contributed by atoms with Gasteiger partial charge in [0.25, 0.3) is 0 Å². The van der Waals surface area contributed by atoms with Crippen LogP contribution in [0.4, 0.5) is 4.39 Å². The van der Waals surface area contributed by atoms with E-state index in [1.54, 1.807) is 24.5 Å². The van der Waals surface area contributed by atoms with Gasteiger partial charge in [0, 0.05) is 18.8 Å². The van der Waals surface area contributed by atoms with E-state index in [0.29, 0.717) is 12.1 Å². The summed E-state index contributed by atoms with van der Waals surface area (Å²) in [5.41, 5.74) is 0.680. The molecule has 0 spiro atoms. The molecule has 0 atom stereocenters. The summed E-state index contributed by atoms with van der Waals surface area (Å²) in [5.74, 6) is -0.310. The first kappa shape index (κ1) is 10.5. The Hall–Kier alpha value is -1.68. The van der Waals surface area contributed by atoms with E-state index in [1.165, 1.54) is 10.7 Å². The van der Waals surface area contributed by atoms with Crippen molar-refractivity contribution in [1.29, 1.82) is 0 Å². The molecule has 4 heteroatoms. The largest absolute Gasteiger partial charge is 0.390 e. The van der Waals surface area contributed by atoms with Crippen LogP contribution in [0.15, 0.2) is 36.7 Å². The van der Waals surface area contributed by atoms with Crippen LogP contribution in [0.3, 0.4) is 0 Å². The van der Waals surface area contributed by atoms with Gasteiger partial charge in [0.05, 0.1) is 5.60 Å². The number of hydrogen-bond donors (Lipinski definition) is 1. The summed E-state index contributed by atoms with van der Waals surface area (Å²) in [5, 5.41) is 13.8. The van der Waals surface area contributed by atoms with Gasteiger partial charge in [-0.2, -0.15) is 5.10 Å². The van der Waals surface area contributed by atoms with Crippen molar-refractivity contribution in [3.8, 4) is 5.69 Å². The summed E-state index contributed by atoms with van der Waals surface area (Å²) in [6.07, 6.45) is 5.47. The Morgan fingerprint density at radius 2 is 2.24 bits per heavy atom. The van der Waals surface area contributed by atoms with E-state index in [0.717, 1.165) is 18.4 Å². The fourth-order valence-corrected chi connectivity index (χ4v) is 1.96. The Morgan fingerprint density at radius 1 is 1.41 bits per heavy atom. The molecule has 1 N–H and O–H groups in total. The molecule has 1 saturated carbocycles. The summed E-state index contributed by atoms with van der Waals surface area (Å²) in [7, 11) is 0. The fourth-order valence-electron chi connectivity index (χ4n) is 1.96. The number of benzene rings is 1. The lowest BCUT2D eigenvalue weighted by atomic mass is 10.1. The predicted molar refractivity (Wildman–Crippen MR) is 61.4 cm³/mol. The standard InChI is InChI=1S/C13H13FN2O/c14-11-8-10(9-13(17)4-5-13)2-3-12(11)16-7-1-6-15-16/h1-3,6-8,17H,4-5,9H2. The number of aliphatic hydroxyl groups is 1. The highest BCUT2D eigenvalue weighted by Gasteiger charge is 2.40. The second-order valence-electron chi connectivity index (χ2n) is 4.64. The van der Waals surface area contributed by atoms with Crippen molar-refractivity contribution in [2.45, 2.75) is 24.9 Å². The third kappa shape index (κ3) is 2.08.